The highest BCUT2D eigenvalue weighted by Gasteiger charge is 2.30. The SMILES string of the molecule is Cc1ccc(O[C@@H](C)C(=O)N2CCC(C(=O)Nc3ccccc3)CC2)cc1. The molecule has 1 fully saturated rings. The van der Waals surface area contributed by atoms with Gasteiger partial charge in [0.2, 0.25) is 5.91 Å². The summed E-state index contributed by atoms with van der Waals surface area (Å²) in [7, 11) is 0. The van der Waals surface area contributed by atoms with Gasteiger partial charge in [-0.05, 0) is 51.0 Å². The lowest BCUT2D eigenvalue weighted by atomic mass is 9.95. The van der Waals surface area contributed by atoms with Crippen LogP contribution in [0.1, 0.15) is 25.3 Å². The molecule has 27 heavy (non-hydrogen) atoms. The van der Waals surface area contributed by atoms with Crippen molar-refractivity contribution >= 4 is 17.5 Å². The van der Waals surface area contributed by atoms with Gasteiger partial charge in [-0.25, -0.2) is 0 Å². The van der Waals surface area contributed by atoms with Crippen molar-refractivity contribution in [3.8, 4) is 5.75 Å². The second kappa shape index (κ2) is 8.71. The third kappa shape index (κ3) is 5.09. The summed E-state index contributed by atoms with van der Waals surface area (Å²) in [6.45, 7) is 4.94. The van der Waals surface area contributed by atoms with Crippen LogP contribution in [0.15, 0.2) is 54.6 Å². The minimum Gasteiger partial charge on any atom is -0.481 e. The van der Waals surface area contributed by atoms with Crippen LogP contribution in [0.4, 0.5) is 5.69 Å². The fourth-order valence-corrected chi connectivity index (χ4v) is 3.26. The first-order valence-corrected chi connectivity index (χ1v) is 9.41. The largest absolute Gasteiger partial charge is 0.481 e. The zero-order chi connectivity index (χ0) is 19.2. The number of hydrogen-bond acceptors (Lipinski definition) is 3. The Hall–Kier alpha value is -2.82. The molecule has 1 saturated heterocycles. The van der Waals surface area contributed by atoms with E-state index >= 15 is 0 Å². The molecule has 2 aromatic rings. The summed E-state index contributed by atoms with van der Waals surface area (Å²) in [5, 5.41) is 2.95. The Bertz CT molecular complexity index is 766. The molecule has 0 spiro atoms. The van der Waals surface area contributed by atoms with E-state index in [0.717, 1.165) is 11.3 Å². The van der Waals surface area contributed by atoms with Gasteiger partial charge < -0.3 is 15.0 Å². The zero-order valence-electron chi connectivity index (χ0n) is 15.9. The monoisotopic (exact) mass is 366 g/mol. The normalized spacial score (nSPS) is 15.9. The number of para-hydroxylation sites is 1. The number of anilines is 1. The molecule has 0 bridgehead atoms. The van der Waals surface area contributed by atoms with Crippen LogP contribution in [0, 0.1) is 12.8 Å². The minimum atomic E-state index is -0.539. The Balaban J connectivity index is 1.48. The first-order chi connectivity index (χ1) is 13.0. The number of benzene rings is 2. The van der Waals surface area contributed by atoms with Gasteiger partial charge in [-0.3, -0.25) is 9.59 Å². The number of aryl methyl sites for hydroxylation is 1. The summed E-state index contributed by atoms with van der Waals surface area (Å²) in [4.78, 5) is 26.8. The van der Waals surface area contributed by atoms with Crippen molar-refractivity contribution in [3.05, 3.63) is 60.2 Å². The second-order valence-corrected chi connectivity index (χ2v) is 7.03. The van der Waals surface area contributed by atoms with Crippen LogP contribution in [-0.2, 0) is 9.59 Å². The lowest BCUT2D eigenvalue weighted by molar-refractivity contribution is -0.140. The number of amides is 2. The van der Waals surface area contributed by atoms with Crippen LogP contribution in [0.25, 0.3) is 0 Å². The highest BCUT2D eigenvalue weighted by Crippen LogP contribution is 2.21. The van der Waals surface area contributed by atoms with Crippen molar-refractivity contribution in [2.24, 2.45) is 5.92 Å². The fraction of sp³-hybridized carbons (Fsp3) is 0.364. The van der Waals surface area contributed by atoms with Gasteiger partial charge in [-0.1, -0.05) is 35.9 Å². The topological polar surface area (TPSA) is 58.6 Å². The fourth-order valence-electron chi connectivity index (χ4n) is 3.26. The van der Waals surface area contributed by atoms with E-state index in [2.05, 4.69) is 5.32 Å². The highest BCUT2D eigenvalue weighted by atomic mass is 16.5. The van der Waals surface area contributed by atoms with Crippen molar-refractivity contribution in [3.63, 3.8) is 0 Å². The zero-order valence-corrected chi connectivity index (χ0v) is 15.9. The molecule has 5 nitrogen and oxygen atoms in total. The number of likely N-dealkylation sites (tertiary alicyclic amines) is 1. The van der Waals surface area contributed by atoms with E-state index in [0.29, 0.717) is 31.7 Å². The van der Waals surface area contributed by atoms with E-state index in [1.54, 1.807) is 11.8 Å². The smallest absolute Gasteiger partial charge is 0.263 e. The Morgan fingerprint density at radius 1 is 1.04 bits per heavy atom. The Morgan fingerprint density at radius 3 is 2.30 bits per heavy atom. The number of ether oxygens (including phenoxy) is 1. The first-order valence-electron chi connectivity index (χ1n) is 9.41. The van der Waals surface area contributed by atoms with Crippen molar-refractivity contribution in [2.45, 2.75) is 32.8 Å². The molecule has 0 radical (unpaired) electrons. The number of rotatable bonds is 5. The quantitative estimate of drug-likeness (QED) is 0.879. The van der Waals surface area contributed by atoms with Gasteiger partial charge in [-0.2, -0.15) is 0 Å². The molecule has 2 amide bonds. The van der Waals surface area contributed by atoms with Crippen LogP contribution in [-0.4, -0.2) is 35.9 Å². The number of carbonyl (C=O) groups excluding carboxylic acids is 2. The number of hydrogen-bond donors (Lipinski definition) is 1. The third-order valence-electron chi connectivity index (χ3n) is 4.90. The number of nitrogens with zero attached hydrogens (tertiary/aromatic N) is 1. The average Bonchev–Trinajstić information content (AvgIpc) is 2.70. The summed E-state index contributed by atoms with van der Waals surface area (Å²) in [5.74, 6) is 0.621. The van der Waals surface area contributed by atoms with Gasteiger partial charge in [-0.15, -0.1) is 0 Å². The van der Waals surface area contributed by atoms with Crippen LogP contribution in [0.2, 0.25) is 0 Å². The van der Waals surface area contributed by atoms with Crippen molar-refractivity contribution in [1.29, 1.82) is 0 Å². The molecule has 142 valence electrons. The predicted octanol–water partition coefficient (Wildman–Crippen LogP) is 3.64. The van der Waals surface area contributed by atoms with Gasteiger partial charge in [0.25, 0.3) is 5.91 Å². The van der Waals surface area contributed by atoms with Crippen molar-refractivity contribution < 1.29 is 14.3 Å². The third-order valence-corrected chi connectivity index (χ3v) is 4.90. The Labute approximate surface area is 160 Å². The van der Waals surface area contributed by atoms with Gasteiger partial charge in [0.15, 0.2) is 6.10 Å². The molecular weight excluding hydrogens is 340 g/mol. The summed E-state index contributed by atoms with van der Waals surface area (Å²) >= 11 is 0. The first kappa shape index (κ1) is 19.0. The van der Waals surface area contributed by atoms with Gasteiger partial charge in [0.05, 0.1) is 0 Å². The van der Waals surface area contributed by atoms with Crippen LogP contribution in [0.3, 0.4) is 0 Å². The van der Waals surface area contributed by atoms with Crippen molar-refractivity contribution in [2.75, 3.05) is 18.4 Å². The van der Waals surface area contributed by atoms with Gasteiger partial charge in [0, 0.05) is 24.7 Å². The lowest BCUT2D eigenvalue weighted by Crippen LogP contribution is -2.46. The summed E-state index contributed by atoms with van der Waals surface area (Å²) < 4.78 is 5.77. The molecule has 0 unspecified atom stereocenters. The number of carbonyl (C=O) groups is 2. The Kier molecular flexibility index (Phi) is 6.12. The molecule has 2 aromatic carbocycles. The van der Waals surface area contributed by atoms with Gasteiger partial charge >= 0.3 is 0 Å². The van der Waals surface area contributed by atoms with E-state index in [1.807, 2.05) is 61.5 Å². The summed E-state index contributed by atoms with van der Waals surface area (Å²) in [5.41, 5.74) is 1.96. The molecule has 3 rings (SSSR count). The molecular formula is C22H26N2O3. The highest BCUT2D eigenvalue weighted by molar-refractivity contribution is 5.92. The molecule has 0 aromatic heterocycles. The lowest BCUT2D eigenvalue weighted by Gasteiger charge is -2.33. The van der Waals surface area contributed by atoms with Gasteiger partial charge in [0.1, 0.15) is 5.75 Å². The van der Waals surface area contributed by atoms with Crippen LogP contribution < -0.4 is 10.1 Å². The molecule has 1 aliphatic heterocycles. The number of nitrogens with one attached hydrogen (secondary N) is 1. The minimum absolute atomic E-state index is 0.0252. The van der Waals surface area contributed by atoms with E-state index < -0.39 is 6.10 Å². The molecule has 5 heteroatoms. The molecule has 1 atom stereocenters. The Morgan fingerprint density at radius 2 is 1.67 bits per heavy atom. The molecule has 0 saturated carbocycles. The van der Waals surface area contributed by atoms with Crippen LogP contribution >= 0.6 is 0 Å². The predicted molar refractivity (Wildman–Crippen MR) is 106 cm³/mol. The van der Waals surface area contributed by atoms with E-state index in [1.165, 1.54) is 0 Å². The molecule has 1 aliphatic rings. The second-order valence-electron chi connectivity index (χ2n) is 7.03. The maximum Gasteiger partial charge on any atom is 0.263 e. The molecule has 0 aliphatic carbocycles. The summed E-state index contributed by atoms with van der Waals surface area (Å²) in [6.07, 6.45) is 0.797. The molecule has 1 heterocycles. The number of piperidine rings is 1. The average molecular weight is 366 g/mol. The van der Waals surface area contributed by atoms with E-state index in [9.17, 15) is 9.59 Å². The maximum absolute atomic E-state index is 12.6. The van der Waals surface area contributed by atoms with Crippen molar-refractivity contribution in [1.82, 2.24) is 4.90 Å². The van der Waals surface area contributed by atoms with Crippen LogP contribution in [0.5, 0.6) is 5.75 Å². The summed E-state index contributed by atoms with van der Waals surface area (Å²) in [6, 6.07) is 17.1. The standard InChI is InChI=1S/C22H26N2O3/c1-16-8-10-20(11-9-16)27-17(2)22(26)24-14-12-18(13-15-24)21(25)23-19-6-4-3-5-7-19/h3-11,17-18H,12-15H2,1-2H3,(H,23,25)/t17-/m0/s1. The van der Waals surface area contributed by atoms with E-state index in [4.69, 9.17) is 4.74 Å². The van der Waals surface area contributed by atoms with E-state index in [-0.39, 0.29) is 17.7 Å². The maximum atomic E-state index is 12.6. The molecule has 1 N–H and O–H groups in total.